The van der Waals surface area contributed by atoms with Crippen molar-refractivity contribution in [2.24, 2.45) is 11.7 Å². The van der Waals surface area contributed by atoms with Crippen LogP contribution in [-0.2, 0) is 4.79 Å². The van der Waals surface area contributed by atoms with E-state index in [1.807, 2.05) is 13.8 Å². The largest absolute Gasteiger partial charge is 0.478 e. The first-order valence-corrected chi connectivity index (χ1v) is 5.85. The molecule has 0 spiro atoms. The smallest absolute Gasteiger partial charge is 0.335 e. The monoisotopic (exact) mass is 250 g/mol. The molecule has 0 aliphatic heterocycles. The van der Waals surface area contributed by atoms with E-state index in [-0.39, 0.29) is 17.4 Å². The van der Waals surface area contributed by atoms with Crippen molar-refractivity contribution < 1.29 is 14.7 Å². The molecule has 1 aromatic carbocycles. The minimum Gasteiger partial charge on any atom is -0.478 e. The number of nitrogens with two attached hydrogens (primary N) is 1. The molecule has 98 valence electrons. The summed E-state index contributed by atoms with van der Waals surface area (Å²) in [4.78, 5) is 22.6. The minimum atomic E-state index is -1.03. The van der Waals surface area contributed by atoms with E-state index in [4.69, 9.17) is 10.8 Å². The van der Waals surface area contributed by atoms with Crippen LogP contribution < -0.4 is 11.1 Å². The lowest BCUT2D eigenvalue weighted by Crippen LogP contribution is -2.40. The highest BCUT2D eigenvalue weighted by Crippen LogP contribution is 2.13. The fourth-order valence-electron chi connectivity index (χ4n) is 1.47. The lowest BCUT2D eigenvalue weighted by molar-refractivity contribution is -0.118. The van der Waals surface area contributed by atoms with Gasteiger partial charge in [0.05, 0.1) is 11.6 Å². The van der Waals surface area contributed by atoms with Crippen molar-refractivity contribution in [2.75, 3.05) is 5.32 Å². The van der Waals surface area contributed by atoms with Crippen LogP contribution in [0.25, 0.3) is 0 Å². The maximum atomic E-state index is 11.8. The number of benzene rings is 1. The van der Waals surface area contributed by atoms with E-state index in [9.17, 15) is 9.59 Å². The molecule has 0 heterocycles. The maximum absolute atomic E-state index is 11.8. The number of rotatable bonds is 5. The average molecular weight is 250 g/mol. The van der Waals surface area contributed by atoms with Gasteiger partial charge in [-0.1, -0.05) is 26.3 Å². The molecular weight excluding hydrogens is 232 g/mol. The van der Waals surface area contributed by atoms with Crippen molar-refractivity contribution in [3.63, 3.8) is 0 Å². The second-order valence-corrected chi connectivity index (χ2v) is 4.29. The summed E-state index contributed by atoms with van der Waals surface area (Å²) >= 11 is 0. The zero-order valence-corrected chi connectivity index (χ0v) is 10.5. The molecule has 1 rings (SSSR count). The lowest BCUT2D eigenvalue weighted by atomic mass is 9.99. The Hall–Kier alpha value is -1.88. The van der Waals surface area contributed by atoms with Crippen LogP contribution in [0.15, 0.2) is 24.3 Å². The van der Waals surface area contributed by atoms with Crippen LogP contribution in [0.3, 0.4) is 0 Å². The van der Waals surface area contributed by atoms with E-state index in [2.05, 4.69) is 5.32 Å². The average Bonchev–Trinajstić information content (AvgIpc) is 2.37. The fraction of sp³-hybridized carbons (Fsp3) is 0.385. The van der Waals surface area contributed by atoms with Crippen LogP contribution >= 0.6 is 0 Å². The molecular formula is C13H18N2O3. The molecule has 1 aromatic rings. The number of hydrogen-bond donors (Lipinski definition) is 3. The zero-order chi connectivity index (χ0) is 13.7. The van der Waals surface area contributed by atoms with Gasteiger partial charge in [-0.05, 0) is 24.1 Å². The zero-order valence-electron chi connectivity index (χ0n) is 10.5. The number of aromatic carboxylic acids is 1. The number of amides is 1. The summed E-state index contributed by atoms with van der Waals surface area (Å²) in [6.45, 7) is 3.86. The van der Waals surface area contributed by atoms with Crippen molar-refractivity contribution in [3.05, 3.63) is 29.8 Å². The molecule has 4 N–H and O–H groups in total. The molecule has 0 aliphatic carbocycles. The van der Waals surface area contributed by atoms with Crippen LogP contribution in [-0.4, -0.2) is 23.0 Å². The Morgan fingerprint density at radius 3 is 2.67 bits per heavy atom. The second-order valence-electron chi connectivity index (χ2n) is 4.29. The number of hydrogen-bond acceptors (Lipinski definition) is 3. The van der Waals surface area contributed by atoms with Crippen molar-refractivity contribution in [3.8, 4) is 0 Å². The molecule has 0 radical (unpaired) electrons. The quantitative estimate of drug-likeness (QED) is 0.741. The summed E-state index contributed by atoms with van der Waals surface area (Å²) in [5.74, 6) is -1.25. The standard InChI is InChI=1S/C13H18N2O3/c1-3-8(2)11(14)12(16)15-10-6-4-5-9(7-10)13(17)18/h4-8,11H,3,14H2,1-2H3,(H,15,16)(H,17,18)/t8?,11-/m0/s1. The number of nitrogens with one attached hydrogen (secondary N) is 1. The van der Waals surface area contributed by atoms with E-state index < -0.39 is 12.0 Å². The normalized spacial score (nSPS) is 13.7. The number of carbonyl (C=O) groups is 2. The molecule has 5 nitrogen and oxygen atoms in total. The van der Waals surface area contributed by atoms with Crippen molar-refractivity contribution >= 4 is 17.6 Å². The van der Waals surface area contributed by atoms with Crippen molar-refractivity contribution in [1.82, 2.24) is 0 Å². The summed E-state index contributed by atoms with van der Waals surface area (Å²) in [5, 5.41) is 11.5. The molecule has 0 aliphatic rings. The Labute approximate surface area is 106 Å². The first-order chi connectivity index (χ1) is 8.45. The maximum Gasteiger partial charge on any atom is 0.335 e. The van der Waals surface area contributed by atoms with Gasteiger partial charge >= 0.3 is 5.97 Å². The summed E-state index contributed by atoms with van der Waals surface area (Å²) < 4.78 is 0. The van der Waals surface area contributed by atoms with Crippen molar-refractivity contribution in [2.45, 2.75) is 26.3 Å². The highest BCUT2D eigenvalue weighted by Gasteiger charge is 2.19. The molecule has 0 fully saturated rings. The van der Waals surface area contributed by atoms with E-state index in [0.717, 1.165) is 6.42 Å². The van der Waals surface area contributed by atoms with Crippen LogP contribution in [0.2, 0.25) is 0 Å². The number of carboxylic acids is 1. The molecule has 1 amide bonds. The highest BCUT2D eigenvalue weighted by molar-refractivity contribution is 5.96. The van der Waals surface area contributed by atoms with Crippen LogP contribution in [0.4, 0.5) is 5.69 Å². The molecule has 18 heavy (non-hydrogen) atoms. The number of carbonyl (C=O) groups excluding carboxylic acids is 1. The highest BCUT2D eigenvalue weighted by atomic mass is 16.4. The summed E-state index contributed by atoms with van der Waals surface area (Å²) in [6.07, 6.45) is 0.809. The van der Waals surface area contributed by atoms with Crippen LogP contribution in [0.5, 0.6) is 0 Å². The first kappa shape index (κ1) is 14.2. The Morgan fingerprint density at radius 2 is 2.11 bits per heavy atom. The van der Waals surface area contributed by atoms with Crippen molar-refractivity contribution in [1.29, 1.82) is 0 Å². The van der Waals surface area contributed by atoms with Gasteiger partial charge in [0.1, 0.15) is 0 Å². The van der Waals surface area contributed by atoms with Gasteiger partial charge in [0.25, 0.3) is 0 Å². The van der Waals surface area contributed by atoms with Crippen LogP contribution in [0.1, 0.15) is 30.6 Å². The molecule has 0 saturated heterocycles. The van der Waals surface area contributed by atoms with E-state index in [1.165, 1.54) is 12.1 Å². The Bertz CT molecular complexity index is 446. The van der Waals surface area contributed by atoms with Gasteiger partial charge in [-0.15, -0.1) is 0 Å². The minimum absolute atomic E-state index is 0.0765. The Kier molecular flexibility index (Phi) is 4.85. The lowest BCUT2D eigenvalue weighted by Gasteiger charge is -2.17. The molecule has 0 saturated carbocycles. The predicted octanol–water partition coefficient (Wildman–Crippen LogP) is 1.70. The first-order valence-electron chi connectivity index (χ1n) is 5.85. The van der Waals surface area contributed by atoms with E-state index >= 15 is 0 Å². The summed E-state index contributed by atoms with van der Waals surface area (Å²) in [7, 11) is 0. The molecule has 0 bridgehead atoms. The summed E-state index contributed by atoms with van der Waals surface area (Å²) in [5.41, 5.74) is 6.36. The van der Waals surface area contributed by atoms with Gasteiger partial charge in [-0.2, -0.15) is 0 Å². The number of anilines is 1. The third kappa shape index (κ3) is 3.56. The third-order valence-electron chi connectivity index (χ3n) is 2.94. The van der Waals surface area contributed by atoms with Gasteiger partial charge in [0, 0.05) is 5.69 Å². The van der Waals surface area contributed by atoms with Gasteiger partial charge in [0.2, 0.25) is 5.91 Å². The SMILES string of the molecule is CCC(C)[C@H](N)C(=O)Nc1cccc(C(=O)O)c1. The second kappa shape index (κ2) is 6.16. The number of carboxylic acid groups (broad SMARTS) is 1. The molecule has 2 atom stereocenters. The van der Waals surface area contributed by atoms with Gasteiger partial charge < -0.3 is 16.2 Å². The fourth-order valence-corrected chi connectivity index (χ4v) is 1.47. The molecule has 1 unspecified atom stereocenters. The predicted molar refractivity (Wildman–Crippen MR) is 69.5 cm³/mol. The van der Waals surface area contributed by atoms with E-state index in [0.29, 0.717) is 5.69 Å². The van der Waals surface area contributed by atoms with Gasteiger partial charge in [0.15, 0.2) is 0 Å². The van der Waals surface area contributed by atoms with Gasteiger partial charge in [-0.3, -0.25) is 4.79 Å². The van der Waals surface area contributed by atoms with Crippen LogP contribution in [0, 0.1) is 5.92 Å². The summed E-state index contributed by atoms with van der Waals surface area (Å²) in [6, 6.07) is 5.49. The molecule has 5 heteroatoms. The van der Waals surface area contributed by atoms with Gasteiger partial charge in [-0.25, -0.2) is 4.79 Å². The third-order valence-corrected chi connectivity index (χ3v) is 2.94. The Balaban J connectivity index is 2.76. The molecule has 0 aromatic heterocycles. The topological polar surface area (TPSA) is 92.4 Å². The van der Waals surface area contributed by atoms with E-state index in [1.54, 1.807) is 12.1 Å². The Morgan fingerprint density at radius 1 is 1.44 bits per heavy atom.